The zero-order valence-electron chi connectivity index (χ0n) is 11.1. The van der Waals surface area contributed by atoms with Crippen LogP contribution in [-0.4, -0.2) is 20.7 Å². The van der Waals surface area contributed by atoms with Gasteiger partial charge in [-0.3, -0.25) is 4.68 Å². The molecule has 0 aliphatic carbocycles. The fourth-order valence-corrected chi connectivity index (χ4v) is 2.03. The van der Waals surface area contributed by atoms with Crippen LogP contribution in [-0.2, 0) is 13.0 Å². The first-order valence-electron chi connectivity index (χ1n) is 6.72. The maximum Gasteiger partial charge on any atom is 0.0827 e. The van der Waals surface area contributed by atoms with E-state index in [2.05, 4.69) is 43.0 Å². The van der Waals surface area contributed by atoms with Crippen LogP contribution in [0.2, 0.25) is 0 Å². The first-order valence-corrected chi connectivity index (χ1v) is 7.35. The lowest BCUT2D eigenvalue weighted by atomic mass is 10.1. The summed E-state index contributed by atoms with van der Waals surface area (Å²) in [5.41, 5.74) is 1.12. The summed E-state index contributed by atoms with van der Waals surface area (Å²) >= 11 is 4.20. The van der Waals surface area contributed by atoms with E-state index in [1.165, 1.54) is 19.3 Å². The Kier molecular flexibility index (Phi) is 7.33. The van der Waals surface area contributed by atoms with Crippen molar-refractivity contribution in [3.63, 3.8) is 0 Å². The summed E-state index contributed by atoms with van der Waals surface area (Å²) in [7, 11) is 0. The Morgan fingerprint density at radius 1 is 1.24 bits per heavy atom. The molecule has 4 heteroatoms. The Hall–Kier alpha value is -0.510. The molecule has 0 saturated heterocycles. The van der Waals surface area contributed by atoms with E-state index in [0.717, 1.165) is 43.2 Å². The Labute approximate surface area is 110 Å². The molecule has 1 aromatic heterocycles. The van der Waals surface area contributed by atoms with Crippen molar-refractivity contribution >= 4 is 12.6 Å². The van der Waals surface area contributed by atoms with Gasteiger partial charge in [-0.1, -0.05) is 31.9 Å². The first kappa shape index (κ1) is 14.6. The van der Waals surface area contributed by atoms with Crippen LogP contribution in [0.15, 0.2) is 6.20 Å². The van der Waals surface area contributed by atoms with Crippen LogP contribution in [0, 0.1) is 5.92 Å². The minimum Gasteiger partial charge on any atom is -0.252 e. The summed E-state index contributed by atoms with van der Waals surface area (Å²) in [5.74, 6) is 1.77. The van der Waals surface area contributed by atoms with Crippen molar-refractivity contribution in [2.75, 3.05) is 5.75 Å². The second-order valence-electron chi connectivity index (χ2n) is 5.04. The quantitative estimate of drug-likeness (QED) is 0.542. The molecule has 0 aliphatic rings. The van der Waals surface area contributed by atoms with E-state index in [9.17, 15) is 0 Å². The molecule has 0 unspecified atom stereocenters. The molecule has 1 aromatic rings. The van der Waals surface area contributed by atoms with Gasteiger partial charge in [0.15, 0.2) is 0 Å². The molecule has 0 spiro atoms. The van der Waals surface area contributed by atoms with Gasteiger partial charge in [0, 0.05) is 12.7 Å². The lowest BCUT2D eigenvalue weighted by Gasteiger charge is -2.03. The standard InChI is InChI=1S/C13H25N3S/c1-12(2)7-3-5-9-16-11-13(14-15-16)8-4-6-10-17/h11-12,17H,3-10H2,1-2H3. The number of hydrogen-bond donors (Lipinski definition) is 1. The number of aryl methyl sites for hydroxylation is 2. The van der Waals surface area contributed by atoms with Gasteiger partial charge in [0.05, 0.1) is 5.69 Å². The zero-order chi connectivity index (χ0) is 12.5. The van der Waals surface area contributed by atoms with E-state index in [0.29, 0.717) is 0 Å². The van der Waals surface area contributed by atoms with E-state index in [1.807, 2.05) is 4.68 Å². The summed E-state index contributed by atoms with van der Waals surface area (Å²) in [4.78, 5) is 0. The Bertz CT molecular complexity index is 297. The lowest BCUT2D eigenvalue weighted by molar-refractivity contribution is 0.485. The molecule has 0 atom stereocenters. The molecule has 98 valence electrons. The van der Waals surface area contributed by atoms with Crippen molar-refractivity contribution < 1.29 is 0 Å². The van der Waals surface area contributed by atoms with Gasteiger partial charge in [-0.2, -0.15) is 12.6 Å². The van der Waals surface area contributed by atoms with Gasteiger partial charge >= 0.3 is 0 Å². The Morgan fingerprint density at radius 3 is 2.76 bits per heavy atom. The third-order valence-corrected chi connectivity index (χ3v) is 3.16. The van der Waals surface area contributed by atoms with Crippen molar-refractivity contribution in [2.24, 2.45) is 5.92 Å². The lowest BCUT2D eigenvalue weighted by Crippen LogP contribution is -1.99. The number of nitrogens with zero attached hydrogens (tertiary/aromatic N) is 3. The van der Waals surface area contributed by atoms with Crippen molar-refractivity contribution in [2.45, 2.75) is 58.9 Å². The van der Waals surface area contributed by atoms with Crippen molar-refractivity contribution in [3.05, 3.63) is 11.9 Å². The predicted octanol–water partition coefficient (Wildman–Crippen LogP) is 3.36. The number of thiol groups is 1. The predicted molar refractivity (Wildman–Crippen MR) is 75.5 cm³/mol. The summed E-state index contributed by atoms with van der Waals surface area (Å²) in [5, 5.41) is 8.35. The van der Waals surface area contributed by atoms with Gasteiger partial charge in [-0.15, -0.1) is 5.10 Å². The van der Waals surface area contributed by atoms with Crippen molar-refractivity contribution in [1.82, 2.24) is 15.0 Å². The van der Waals surface area contributed by atoms with Crippen molar-refractivity contribution in [1.29, 1.82) is 0 Å². The van der Waals surface area contributed by atoms with Crippen LogP contribution in [0.3, 0.4) is 0 Å². The smallest absolute Gasteiger partial charge is 0.0827 e. The number of hydrogen-bond acceptors (Lipinski definition) is 3. The Morgan fingerprint density at radius 2 is 2.06 bits per heavy atom. The molecule has 0 N–H and O–H groups in total. The molecule has 0 radical (unpaired) electrons. The van der Waals surface area contributed by atoms with E-state index in [1.54, 1.807) is 0 Å². The average molecular weight is 255 g/mol. The largest absolute Gasteiger partial charge is 0.252 e. The molecule has 0 fully saturated rings. The van der Waals surface area contributed by atoms with Crippen LogP contribution in [0.5, 0.6) is 0 Å². The van der Waals surface area contributed by atoms with Crippen LogP contribution >= 0.6 is 12.6 Å². The summed E-state index contributed by atoms with van der Waals surface area (Å²) in [6, 6.07) is 0. The molecule has 0 saturated carbocycles. The van der Waals surface area contributed by atoms with Crippen molar-refractivity contribution in [3.8, 4) is 0 Å². The number of rotatable bonds is 9. The highest BCUT2D eigenvalue weighted by Gasteiger charge is 2.01. The number of unbranched alkanes of at least 4 members (excludes halogenated alkanes) is 2. The average Bonchev–Trinajstić information content (AvgIpc) is 2.73. The monoisotopic (exact) mass is 255 g/mol. The highest BCUT2D eigenvalue weighted by Crippen LogP contribution is 2.07. The molecule has 1 rings (SSSR count). The van der Waals surface area contributed by atoms with Gasteiger partial charge < -0.3 is 0 Å². The molecule has 3 nitrogen and oxygen atoms in total. The summed E-state index contributed by atoms with van der Waals surface area (Å²) in [6.45, 7) is 5.55. The van der Waals surface area contributed by atoms with E-state index in [-0.39, 0.29) is 0 Å². The molecular weight excluding hydrogens is 230 g/mol. The second-order valence-corrected chi connectivity index (χ2v) is 5.49. The van der Waals surface area contributed by atoms with E-state index in [4.69, 9.17) is 0 Å². The van der Waals surface area contributed by atoms with E-state index < -0.39 is 0 Å². The van der Waals surface area contributed by atoms with E-state index >= 15 is 0 Å². The van der Waals surface area contributed by atoms with Gasteiger partial charge in [0.25, 0.3) is 0 Å². The Balaban J connectivity index is 2.16. The van der Waals surface area contributed by atoms with Gasteiger partial charge in [-0.25, -0.2) is 0 Å². The van der Waals surface area contributed by atoms with Gasteiger partial charge in [0.1, 0.15) is 0 Å². The fourth-order valence-electron chi connectivity index (χ4n) is 1.81. The molecule has 0 aromatic carbocycles. The molecule has 17 heavy (non-hydrogen) atoms. The maximum atomic E-state index is 4.20. The molecule has 0 amide bonds. The van der Waals surface area contributed by atoms with Crippen LogP contribution in [0.25, 0.3) is 0 Å². The van der Waals surface area contributed by atoms with Crippen LogP contribution in [0.4, 0.5) is 0 Å². The minimum absolute atomic E-state index is 0.808. The molecular formula is C13H25N3S. The third kappa shape index (κ3) is 6.71. The summed E-state index contributed by atoms with van der Waals surface area (Å²) < 4.78 is 1.98. The molecule has 1 heterocycles. The normalized spacial score (nSPS) is 11.3. The highest BCUT2D eigenvalue weighted by molar-refractivity contribution is 7.80. The zero-order valence-corrected chi connectivity index (χ0v) is 12.0. The summed E-state index contributed by atoms with van der Waals surface area (Å²) in [6.07, 6.45) is 9.24. The topological polar surface area (TPSA) is 30.7 Å². The minimum atomic E-state index is 0.808. The van der Waals surface area contributed by atoms with Crippen LogP contribution < -0.4 is 0 Å². The SMILES string of the molecule is CC(C)CCCCn1cc(CCCCS)nn1. The third-order valence-electron chi connectivity index (χ3n) is 2.85. The fraction of sp³-hybridized carbons (Fsp3) is 0.846. The second kappa shape index (κ2) is 8.56. The molecule has 0 bridgehead atoms. The van der Waals surface area contributed by atoms with Gasteiger partial charge in [-0.05, 0) is 37.4 Å². The number of aromatic nitrogens is 3. The highest BCUT2D eigenvalue weighted by atomic mass is 32.1. The maximum absolute atomic E-state index is 4.20. The van der Waals surface area contributed by atoms with Gasteiger partial charge in [0.2, 0.25) is 0 Å². The molecule has 0 aliphatic heterocycles. The first-order chi connectivity index (χ1) is 8.22. The van der Waals surface area contributed by atoms with Crippen LogP contribution in [0.1, 0.15) is 51.6 Å².